The maximum absolute atomic E-state index is 12.4. The lowest BCUT2D eigenvalue weighted by Crippen LogP contribution is -2.26. The van der Waals surface area contributed by atoms with Gasteiger partial charge in [-0.1, -0.05) is 30.4 Å². The summed E-state index contributed by atoms with van der Waals surface area (Å²) in [6.45, 7) is 2.64. The second kappa shape index (κ2) is 15.0. The number of benzene rings is 2. The molecule has 1 fully saturated rings. The molecule has 3 aromatic rings. The van der Waals surface area contributed by atoms with Crippen LogP contribution in [0.2, 0.25) is 0 Å². The van der Waals surface area contributed by atoms with E-state index in [1.54, 1.807) is 18.4 Å². The van der Waals surface area contributed by atoms with Gasteiger partial charge in [0, 0.05) is 35.3 Å². The van der Waals surface area contributed by atoms with Gasteiger partial charge in [0.15, 0.2) is 0 Å². The summed E-state index contributed by atoms with van der Waals surface area (Å²) in [6, 6.07) is 17.4. The molecule has 1 saturated carbocycles. The Hall–Kier alpha value is -3.43. The number of furan rings is 1. The van der Waals surface area contributed by atoms with Crippen LogP contribution in [0.3, 0.4) is 0 Å². The number of aryl methyl sites for hydroxylation is 1. The van der Waals surface area contributed by atoms with Crippen molar-refractivity contribution in [2.24, 2.45) is 5.92 Å². The number of carbonyl (C=O) groups excluding carboxylic acids is 1. The van der Waals surface area contributed by atoms with E-state index in [1.165, 1.54) is 19.3 Å². The van der Waals surface area contributed by atoms with Gasteiger partial charge in [0.25, 0.3) is 5.91 Å². The molecule has 3 N–H and O–H groups in total. The zero-order valence-corrected chi connectivity index (χ0v) is 24.6. The predicted octanol–water partition coefficient (Wildman–Crippen LogP) is 6.34. The Morgan fingerprint density at radius 1 is 1.10 bits per heavy atom. The van der Waals surface area contributed by atoms with Gasteiger partial charge < -0.3 is 29.4 Å². The number of nitrogens with one attached hydrogen (secondary N) is 2. The Labute approximate surface area is 245 Å². The summed E-state index contributed by atoms with van der Waals surface area (Å²) in [5.41, 5.74) is 3.51. The van der Waals surface area contributed by atoms with Crippen molar-refractivity contribution in [2.75, 3.05) is 30.5 Å². The molecule has 8 nitrogen and oxygen atoms in total. The standard InChI is InChI=1S/C32H40N2O6S/c1-22-28(21-29(40-22)23-11-15-27(16-12-23)39-19-6-20-41(2)38)31(24-7-4-3-5-8-24)34-26-13-9-25(10-14-26)32(37)33-18-17-30(35)36/h9-16,21,24,31,34H,3-8,17-20H2,1-2H3,(H,33,37)(H,35,36). The van der Waals surface area contributed by atoms with Crippen LogP contribution in [0.5, 0.6) is 5.75 Å². The molecule has 1 heterocycles. The lowest BCUT2D eigenvalue weighted by atomic mass is 9.81. The summed E-state index contributed by atoms with van der Waals surface area (Å²) in [6.07, 6.45) is 8.29. The molecule has 0 spiro atoms. The number of amides is 1. The molecule has 2 unspecified atom stereocenters. The van der Waals surface area contributed by atoms with Crippen molar-refractivity contribution in [1.29, 1.82) is 0 Å². The van der Waals surface area contributed by atoms with Crippen molar-refractivity contribution in [2.45, 2.75) is 57.9 Å². The number of hydrogen-bond donors (Lipinski definition) is 3. The van der Waals surface area contributed by atoms with Crippen molar-refractivity contribution in [1.82, 2.24) is 5.32 Å². The number of carboxylic acid groups (broad SMARTS) is 1. The Morgan fingerprint density at radius 2 is 1.80 bits per heavy atom. The molecule has 0 saturated heterocycles. The number of carboxylic acids is 1. The maximum atomic E-state index is 12.4. The number of anilines is 1. The zero-order valence-electron chi connectivity index (χ0n) is 23.8. The summed E-state index contributed by atoms with van der Waals surface area (Å²) >= 11 is -0.807. The van der Waals surface area contributed by atoms with Crippen LogP contribution >= 0.6 is 0 Å². The highest BCUT2D eigenvalue weighted by Gasteiger charge is 2.28. The monoisotopic (exact) mass is 580 g/mol. The van der Waals surface area contributed by atoms with Crippen LogP contribution in [0.25, 0.3) is 11.3 Å². The van der Waals surface area contributed by atoms with Crippen molar-refractivity contribution in [3.63, 3.8) is 0 Å². The van der Waals surface area contributed by atoms with Crippen LogP contribution in [0, 0.1) is 12.8 Å². The largest absolute Gasteiger partial charge is 0.617 e. The molecule has 2 aromatic carbocycles. The number of ether oxygens (including phenoxy) is 1. The van der Waals surface area contributed by atoms with E-state index in [9.17, 15) is 14.1 Å². The average Bonchev–Trinajstić information content (AvgIpc) is 3.35. The Bertz CT molecular complexity index is 1270. The molecule has 1 aliphatic carbocycles. The van der Waals surface area contributed by atoms with E-state index in [0.29, 0.717) is 23.8 Å². The predicted molar refractivity (Wildman–Crippen MR) is 162 cm³/mol. The second-order valence-corrected chi connectivity index (χ2v) is 12.2. The summed E-state index contributed by atoms with van der Waals surface area (Å²) in [4.78, 5) is 23.1. The Morgan fingerprint density at radius 3 is 2.46 bits per heavy atom. The fourth-order valence-electron chi connectivity index (χ4n) is 5.31. The van der Waals surface area contributed by atoms with E-state index in [1.807, 2.05) is 43.3 Å². The van der Waals surface area contributed by atoms with Crippen molar-refractivity contribution < 1.29 is 28.4 Å². The first kappa shape index (κ1) is 30.5. The van der Waals surface area contributed by atoms with Gasteiger partial charge in [-0.3, -0.25) is 9.59 Å². The fourth-order valence-corrected chi connectivity index (χ4v) is 5.84. The van der Waals surface area contributed by atoms with Crippen LogP contribution in [0.1, 0.15) is 72.7 Å². The SMILES string of the molecule is Cc1oc(-c2ccc(OCCC[S+](C)[O-])cc2)cc1C(Nc1ccc(C(=O)NCCC(=O)O)cc1)C1CCCCC1. The third-order valence-electron chi connectivity index (χ3n) is 7.49. The maximum Gasteiger partial charge on any atom is 0.305 e. The molecule has 1 amide bonds. The average molecular weight is 581 g/mol. The molecular weight excluding hydrogens is 540 g/mol. The van der Waals surface area contributed by atoms with Crippen LogP contribution in [0.4, 0.5) is 5.69 Å². The molecule has 0 bridgehead atoms. The van der Waals surface area contributed by atoms with Gasteiger partial charge in [0.05, 0.1) is 25.3 Å². The molecule has 41 heavy (non-hydrogen) atoms. The molecule has 220 valence electrons. The van der Waals surface area contributed by atoms with Gasteiger partial charge in [0.1, 0.15) is 23.0 Å². The Kier molecular flexibility index (Phi) is 11.2. The van der Waals surface area contributed by atoms with Gasteiger partial charge in [0.2, 0.25) is 0 Å². The number of hydrogen-bond acceptors (Lipinski definition) is 6. The molecule has 2 atom stereocenters. The van der Waals surface area contributed by atoms with Gasteiger partial charge in [-0.15, -0.1) is 0 Å². The minimum absolute atomic E-state index is 0.0646. The first-order valence-corrected chi connectivity index (χ1v) is 16.0. The summed E-state index contributed by atoms with van der Waals surface area (Å²) in [5, 5.41) is 15.2. The van der Waals surface area contributed by atoms with Crippen LogP contribution < -0.4 is 15.4 Å². The highest BCUT2D eigenvalue weighted by molar-refractivity contribution is 7.90. The summed E-state index contributed by atoms with van der Waals surface area (Å²) in [7, 11) is 0. The molecule has 9 heteroatoms. The third kappa shape index (κ3) is 9.03. The molecule has 0 aliphatic heterocycles. The lowest BCUT2D eigenvalue weighted by Gasteiger charge is -2.31. The Balaban J connectivity index is 1.47. The van der Waals surface area contributed by atoms with Gasteiger partial charge in [-0.25, -0.2) is 0 Å². The highest BCUT2D eigenvalue weighted by atomic mass is 32.2. The van der Waals surface area contributed by atoms with Gasteiger partial charge in [-0.05, 0) is 80.3 Å². The van der Waals surface area contributed by atoms with E-state index in [-0.39, 0.29) is 24.9 Å². The lowest BCUT2D eigenvalue weighted by molar-refractivity contribution is -0.136. The van der Waals surface area contributed by atoms with Crippen molar-refractivity contribution in [3.8, 4) is 17.1 Å². The van der Waals surface area contributed by atoms with Crippen molar-refractivity contribution >= 4 is 28.7 Å². The van der Waals surface area contributed by atoms with Gasteiger partial charge >= 0.3 is 5.97 Å². The molecule has 1 aliphatic rings. The first-order valence-electron chi connectivity index (χ1n) is 14.3. The van der Waals surface area contributed by atoms with E-state index in [4.69, 9.17) is 14.3 Å². The molecular formula is C32H40N2O6S. The van der Waals surface area contributed by atoms with E-state index >= 15 is 0 Å². The third-order valence-corrected chi connectivity index (χ3v) is 8.35. The highest BCUT2D eigenvalue weighted by Crippen LogP contribution is 2.40. The van der Waals surface area contributed by atoms with Crippen molar-refractivity contribution in [3.05, 3.63) is 71.5 Å². The fraction of sp³-hybridized carbons (Fsp3) is 0.438. The molecule has 0 radical (unpaired) electrons. The van der Waals surface area contributed by atoms with E-state index in [2.05, 4.69) is 16.7 Å². The molecule has 1 aromatic heterocycles. The first-order chi connectivity index (χ1) is 19.8. The van der Waals surface area contributed by atoms with Gasteiger partial charge in [-0.2, -0.15) is 0 Å². The topological polar surface area (TPSA) is 124 Å². The van der Waals surface area contributed by atoms with Crippen LogP contribution in [-0.4, -0.2) is 46.7 Å². The normalized spacial score (nSPS) is 15.2. The second-order valence-electron chi connectivity index (χ2n) is 10.6. The van der Waals surface area contributed by atoms with E-state index < -0.39 is 17.1 Å². The summed E-state index contributed by atoms with van der Waals surface area (Å²) in [5.74, 6) is 2.33. The van der Waals surface area contributed by atoms with Crippen LogP contribution in [-0.2, 0) is 16.0 Å². The van der Waals surface area contributed by atoms with E-state index in [0.717, 1.165) is 53.3 Å². The number of rotatable bonds is 14. The number of aliphatic carboxylic acids is 1. The quantitative estimate of drug-likeness (QED) is 0.150. The molecule has 4 rings (SSSR count). The van der Waals surface area contributed by atoms with Crippen LogP contribution in [0.15, 0.2) is 59.0 Å². The smallest absolute Gasteiger partial charge is 0.305 e. The zero-order chi connectivity index (χ0) is 29.2. The number of carbonyl (C=O) groups is 2. The summed E-state index contributed by atoms with van der Waals surface area (Å²) < 4.78 is 23.3. The minimum Gasteiger partial charge on any atom is -0.617 e. The minimum atomic E-state index is -0.944.